The van der Waals surface area contributed by atoms with Gasteiger partial charge >= 0.3 is 0 Å². The van der Waals surface area contributed by atoms with E-state index in [-0.39, 0.29) is 0 Å². The molecule has 0 N–H and O–H groups in total. The Morgan fingerprint density at radius 2 is 1.46 bits per heavy atom. The Morgan fingerprint density at radius 1 is 0.833 bits per heavy atom. The highest BCUT2D eigenvalue weighted by Crippen LogP contribution is 2.34. The first-order chi connectivity index (χ1) is 11.3. The summed E-state index contributed by atoms with van der Waals surface area (Å²) >= 11 is 0. The largest absolute Gasteiger partial charge is 0.308 e. The van der Waals surface area contributed by atoms with Crippen LogP contribution in [0.4, 0.5) is 0 Å². The van der Waals surface area contributed by atoms with E-state index in [1.54, 1.807) is 0 Å². The summed E-state index contributed by atoms with van der Waals surface area (Å²) in [6.45, 7) is 13.3. The third kappa shape index (κ3) is 2.47. The van der Waals surface area contributed by atoms with Gasteiger partial charge in [-0.05, 0) is 69.9 Å². The van der Waals surface area contributed by atoms with Gasteiger partial charge in [0.1, 0.15) is 12.7 Å². The van der Waals surface area contributed by atoms with Crippen LogP contribution in [0.3, 0.4) is 0 Å². The predicted octanol–water partition coefficient (Wildman–Crippen LogP) is 4.82. The summed E-state index contributed by atoms with van der Waals surface area (Å²) in [7, 11) is 2.12. The van der Waals surface area contributed by atoms with Gasteiger partial charge in [-0.15, -0.1) is 0 Å². The smallest absolute Gasteiger partial charge is 0.229 e. The standard InChI is InChI=1S/C22H27N2/c1-14-12-15(2)21(16(3)13-14)24-19(6)17(4)18(5)22(24)20-10-8-9-11-23(20)7/h8-13H,1-7H3/q+1. The van der Waals surface area contributed by atoms with Gasteiger partial charge in [0.05, 0.1) is 5.69 Å². The lowest BCUT2D eigenvalue weighted by atomic mass is 10.0. The van der Waals surface area contributed by atoms with Gasteiger partial charge in [0.25, 0.3) is 0 Å². The zero-order chi connectivity index (χ0) is 17.6. The minimum atomic E-state index is 1.24. The van der Waals surface area contributed by atoms with Crippen molar-refractivity contribution >= 4 is 0 Å². The lowest BCUT2D eigenvalue weighted by Gasteiger charge is -2.17. The van der Waals surface area contributed by atoms with Crippen LogP contribution in [0.15, 0.2) is 36.5 Å². The fourth-order valence-corrected chi connectivity index (χ4v) is 3.83. The molecule has 0 aliphatic carbocycles. The highest BCUT2D eigenvalue weighted by molar-refractivity contribution is 5.67. The average molecular weight is 319 g/mol. The van der Waals surface area contributed by atoms with Gasteiger partial charge < -0.3 is 4.57 Å². The molecule has 0 aliphatic heterocycles. The molecular formula is C22H27N2+. The topological polar surface area (TPSA) is 8.81 Å². The van der Waals surface area contributed by atoms with Gasteiger partial charge in [-0.2, -0.15) is 4.57 Å². The van der Waals surface area contributed by atoms with E-state index >= 15 is 0 Å². The summed E-state index contributed by atoms with van der Waals surface area (Å²) in [5, 5.41) is 0. The van der Waals surface area contributed by atoms with Crippen LogP contribution < -0.4 is 4.57 Å². The van der Waals surface area contributed by atoms with Crippen molar-refractivity contribution in [3.8, 4) is 17.1 Å². The fraction of sp³-hybridized carbons (Fsp3) is 0.318. The Bertz CT molecular complexity index is 906. The van der Waals surface area contributed by atoms with Crippen LogP contribution in [-0.4, -0.2) is 4.57 Å². The highest BCUT2D eigenvalue weighted by Gasteiger charge is 2.24. The van der Waals surface area contributed by atoms with Gasteiger partial charge in [0.15, 0.2) is 6.20 Å². The van der Waals surface area contributed by atoms with E-state index in [1.165, 1.54) is 50.6 Å². The Hall–Kier alpha value is -2.35. The van der Waals surface area contributed by atoms with Gasteiger partial charge in [-0.3, -0.25) is 0 Å². The molecule has 0 aliphatic rings. The van der Waals surface area contributed by atoms with E-state index in [1.807, 2.05) is 0 Å². The SMILES string of the molecule is Cc1cc(C)c(-n2c(C)c(C)c(C)c2-c2cccc[n+]2C)c(C)c1. The number of benzene rings is 1. The molecule has 0 bridgehead atoms. The van der Waals surface area contributed by atoms with Crippen molar-refractivity contribution in [1.82, 2.24) is 4.57 Å². The lowest BCUT2D eigenvalue weighted by Crippen LogP contribution is -2.31. The second-order valence-corrected chi connectivity index (χ2v) is 6.96. The summed E-state index contributed by atoms with van der Waals surface area (Å²) in [5.74, 6) is 0. The fourth-order valence-electron chi connectivity index (χ4n) is 3.83. The van der Waals surface area contributed by atoms with E-state index in [0.717, 1.165) is 0 Å². The van der Waals surface area contributed by atoms with Crippen molar-refractivity contribution in [3.05, 3.63) is 70.0 Å². The van der Waals surface area contributed by atoms with Crippen molar-refractivity contribution < 1.29 is 4.57 Å². The first-order valence-corrected chi connectivity index (χ1v) is 8.54. The molecule has 0 unspecified atom stereocenters. The summed E-state index contributed by atoms with van der Waals surface area (Å²) in [6, 6.07) is 11.0. The number of hydrogen-bond acceptors (Lipinski definition) is 0. The monoisotopic (exact) mass is 319 g/mol. The van der Waals surface area contributed by atoms with Crippen LogP contribution >= 0.6 is 0 Å². The highest BCUT2D eigenvalue weighted by atomic mass is 15.0. The van der Waals surface area contributed by atoms with Gasteiger partial charge in [0.2, 0.25) is 5.69 Å². The number of aromatic nitrogens is 2. The van der Waals surface area contributed by atoms with Gasteiger partial charge in [0, 0.05) is 17.8 Å². The van der Waals surface area contributed by atoms with Crippen molar-refractivity contribution in [3.63, 3.8) is 0 Å². The third-order valence-electron chi connectivity index (χ3n) is 5.18. The molecular weight excluding hydrogens is 292 g/mol. The Balaban J connectivity index is 2.43. The maximum absolute atomic E-state index is 2.45. The Morgan fingerprint density at radius 3 is 2.04 bits per heavy atom. The molecule has 124 valence electrons. The molecule has 0 saturated carbocycles. The molecule has 2 nitrogen and oxygen atoms in total. The van der Waals surface area contributed by atoms with E-state index < -0.39 is 0 Å². The van der Waals surface area contributed by atoms with Crippen LogP contribution in [0.2, 0.25) is 0 Å². The zero-order valence-electron chi connectivity index (χ0n) is 15.9. The number of pyridine rings is 1. The van der Waals surface area contributed by atoms with E-state index in [0.29, 0.717) is 0 Å². The van der Waals surface area contributed by atoms with Crippen LogP contribution in [0.25, 0.3) is 17.1 Å². The molecule has 0 spiro atoms. The van der Waals surface area contributed by atoms with E-state index in [4.69, 9.17) is 0 Å². The maximum atomic E-state index is 2.45. The second-order valence-electron chi connectivity index (χ2n) is 6.96. The molecule has 2 aromatic heterocycles. The van der Waals surface area contributed by atoms with Crippen molar-refractivity contribution in [2.45, 2.75) is 41.5 Å². The van der Waals surface area contributed by atoms with Gasteiger partial charge in [-0.1, -0.05) is 17.7 Å². The minimum absolute atomic E-state index is 1.24. The molecule has 2 heteroatoms. The van der Waals surface area contributed by atoms with E-state index in [2.05, 4.69) is 94.3 Å². The molecule has 2 heterocycles. The molecule has 0 radical (unpaired) electrons. The van der Waals surface area contributed by atoms with E-state index in [9.17, 15) is 0 Å². The quantitative estimate of drug-likeness (QED) is 0.599. The second kappa shape index (κ2) is 5.94. The van der Waals surface area contributed by atoms with Crippen molar-refractivity contribution in [2.75, 3.05) is 0 Å². The summed E-state index contributed by atoms with van der Waals surface area (Å²) in [4.78, 5) is 0. The molecule has 3 aromatic rings. The van der Waals surface area contributed by atoms with Crippen LogP contribution in [0.1, 0.15) is 33.5 Å². The molecule has 0 fully saturated rings. The average Bonchev–Trinajstić information content (AvgIpc) is 2.72. The lowest BCUT2D eigenvalue weighted by molar-refractivity contribution is -0.660. The molecule has 0 atom stereocenters. The minimum Gasteiger partial charge on any atom is -0.308 e. The molecule has 24 heavy (non-hydrogen) atoms. The summed E-state index contributed by atoms with van der Waals surface area (Å²) in [5.41, 5.74) is 11.9. The predicted molar refractivity (Wildman–Crippen MR) is 101 cm³/mol. The third-order valence-corrected chi connectivity index (χ3v) is 5.18. The number of hydrogen-bond donors (Lipinski definition) is 0. The molecule has 0 saturated heterocycles. The first-order valence-electron chi connectivity index (χ1n) is 8.54. The summed E-state index contributed by atoms with van der Waals surface area (Å²) in [6.07, 6.45) is 2.12. The first kappa shape index (κ1) is 16.5. The van der Waals surface area contributed by atoms with Crippen LogP contribution in [-0.2, 0) is 7.05 Å². The van der Waals surface area contributed by atoms with Gasteiger partial charge in [-0.25, -0.2) is 0 Å². The number of rotatable bonds is 2. The Kier molecular flexibility index (Phi) is 4.08. The maximum Gasteiger partial charge on any atom is 0.229 e. The molecule has 0 amide bonds. The Labute approximate surface area is 145 Å². The zero-order valence-corrected chi connectivity index (χ0v) is 15.9. The normalized spacial score (nSPS) is 11.1. The molecule has 1 aromatic carbocycles. The van der Waals surface area contributed by atoms with Crippen molar-refractivity contribution in [1.29, 1.82) is 0 Å². The number of aryl methyl sites for hydroxylation is 4. The summed E-state index contributed by atoms with van der Waals surface area (Å²) < 4.78 is 4.65. The number of nitrogens with zero attached hydrogens (tertiary/aromatic N) is 2. The molecule has 3 rings (SSSR count). The van der Waals surface area contributed by atoms with Crippen LogP contribution in [0, 0.1) is 41.5 Å². The van der Waals surface area contributed by atoms with Crippen molar-refractivity contribution in [2.24, 2.45) is 7.05 Å². The van der Waals surface area contributed by atoms with Crippen LogP contribution in [0.5, 0.6) is 0 Å².